The first-order valence-corrected chi connectivity index (χ1v) is 5.55. The second-order valence-electron chi connectivity index (χ2n) is 3.10. The Morgan fingerprint density at radius 1 is 1.50 bits per heavy atom. The van der Waals surface area contributed by atoms with Gasteiger partial charge in [0.1, 0.15) is 11.5 Å². The normalized spacial score (nSPS) is 22.0. The highest BCUT2D eigenvalue weighted by atomic mass is 32.2. The van der Waals surface area contributed by atoms with Crippen LogP contribution >= 0.6 is 0 Å². The topological polar surface area (TPSA) is 36.0 Å². The molecule has 3 heteroatoms. The third kappa shape index (κ3) is 1.47. The Kier molecular flexibility index (Phi) is 2.07. The number of nitrogens with zero attached hydrogens (tertiary/aromatic N) is 1. The van der Waals surface area contributed by atoms with Gasteiger partial charge >= 0.3 is 0 Å². The highest BCUT2D eigenvalue weighted by Gasteiger charge is 2.19. The lowest BCUT2D eigenvalue weighted by Gasteiger charge is -2.18. The number of hydrogen-bond acceptors (Lipinski definition) is 2. The van der Waals surface area contributed by atoms with E-state index >= 15 is 0 Å². The van der Waals surface area contributed by atoms with Crippen LogP contribution in [-0.2, 0) is 23.3 Å². The molecule has 0 saturated carbocycles. The quantitative estimate of drug-likeness (QED) is 0.564. The summed E-state index contributed by atoms with van der Waals surface area (Å²) >= 11 is -0.648. The second kappa shape index (κ2) is 3.07. The molecule has 1 atom stereocenters. The standard InChI is InChI=1S/C9H11NOS/c1-7-2-3-8-6-12(11)5-4-9(8)10-7/h2-3H,4-6H2,1H3. The van der Waals surface area contributed by atoms with Crippen molar-refractivity contribution >= 4 is 11.2 Å². The number of aromatic nitrogens is 1. The number of pyridine rings is 1. The smallest absolute Gasteiger partial charge is 0.132 e. The molecule has 0 saturated heterocycles. The van der Waals surface area contributed by atoms with E-state index in [0.717, 1.165) is 23.6 Å². The van der Waals surface area contributed by atoms with Gasteiger partial charge in [0, 0.05) is 17.7 Å². The Hall–Kier alpha value is -0.540. The third-order valence-corrected chi connectivity index (χ3v) is 3.38. The van der Waals surface area contributed by atoms with E-state index in [-0.39, 0.29) is 0 Å². The zero-order valence-corrected chi connectivity index (χ0v) is 7.86. The summed E-state index contributed by atoms with van der Waals surface area (Å²) in [7, 11) is 0. The van der Waals surface area contributed by atoms with E-state index in [1.54, 1.807) is 0 Å². The molecule has 1 aromatic rings. The van der Waals surface area contributed by atoms with Gasteiger partial charge in [-0.1, -0.05) is 6.07 Å². The Balaban J connectivity index is 2.37. The van der Waals surface area contributed by atoms with Crippen molar-refractivity contribution in [2.24, 2.45) is 0 Å². The van der Waals surface area contributed by atoms with Crippen LogP contribution in [0.25, 0.3) is 0 Å². The van der Waals surface area contributed by atoms with Gasteiger partial charge in [0.25, 0.3) is 0 Å². The Labute approximate surface area is 75.2 Å². The van der Waals surface area contributed by atoms with Crippen LogP contribution in [0.1, 0.15) is 17.0 Å². The van der Waals surface area contributed by atoms with Gasteiger partial charge < -0.3 is 4.55 Å². The molecule has 0 spiro atoms. The Morgan fingerprint density at radius 3 is 3.17 bits per heavy atom. The minimum Gasteiger partial charge on any atom is -0.616 e. The van der Waals surface area contributed by atoms with E-state index in [9.17, 15) is 4.55 Å². The molecule has 1 aromatic heterocycles. The Morgan fingerprint density at radius 2 is 2.33 bits per heavy atom. The number of fused-ring (bicyclic) bond motifs is 1. The molecule has 0 amide bonds. The van der Waals surface area contributed by atoms with Crippen LogP contribution in [0.3, 0.4) is 0 Å². The molecule has 1 aliphatic heterocycles. The largest absolute Gasteiger partial charge is 0.616 e. The van der Waals surface area contributed by atoms with Crippen molar-refractivity contribution in [1.29, 1.82) is 0 Å². The molecule has 2 nitrogen and oxygen atoms in total. The molecular weight excluding hydrogens is 170 g/mol. The van der Waals surface area contributed by atoms with Crippen LogP contribution in [0.15, 0.2) is 12.1 Å². The molecule has 0 aromatic carbocycles. The van der Waals surface area contributed by atoms with Crippen LogP contribution < -0.4 is 0 Å². The summed E-state index contributed by atoms with van der Waals surface area (Å²) < 4.78 is 11.2. The fourth-order valence-corrected chi connectivity index (χ4v) is 2.62. The fraction of sp³-hybridized carbons (Fsp3) is 0.444. The average molecular weight is 181 g/mol. The van der Waals surface area contributed by atoms with Gasteiger partial charge in [-0.25, -0.2) is 0 Å². The zero-order valence-electron chi connectivity index (χ0n) is 7.04. The van der Waals surface area contributed by atoms with Crippen LogP contribution in [0.5, 0.6) is 0 Å². The summed E-state index contributed by atoms with van der Waals surface area (Å²) in [5.74, 6) is 1.48. The summed E-state index contributed by atoms with van der Waals surface area (Å²) in [4.78, 5) is 4.41. The molecule has 0 fully saturated rings. The zero-order chi connectivity index (χ0) is 8.55. The predicted octanol–water partition coefficient (Wildman–Crippen LogP) is 1.19. The van der Waals surface area contributed by atoms with Gasteiger partial charge in [-0.15, -0.1) is 0 Å². The SMILES string of the molecule is Cc1ccc2c(n1)CC[S+]([O-])C2. The second-order valence-corrected chi connectivity index (χ2v) is 4.67. The first-order valence-electron chi connectivity index (χ1n) is 4.06. The molecule has 0 aliphatic carbocycles. The first-order chi connectivity index (χ1) is 5.75. The highest BCUT2D eigenvalue weighted by molar-refractivity contribution is 7.90. The Bertz CT molecular complexity index is 301. The minimum absolute atomic E-state index is 0.648. The molecule has 1 unspecified atom stereocenters. The van der Waals surface area contributed by atoms with E-state index in [2.05, 4.69) is 11.1 Å². The number of aryl methyl sites for hydroxylation is 2. The van der Waals surface area contributed by atoms with Crippen molar-refractivity contribution < 1.29 is 4.55 Å². The lowest BCUT2D eigenvalue weighted by Crippen LogP contribution is -2.20. The van der Waals surface area contributed by atoms with Crippen LogP contribution in [0.2, 0.25) is 0 Å². The van der Waals surface area contributed by atoms with Crippen molar-refractivity contribution in [3.63, 3.8) is 0 Å². The van der Waals surface area contributed by atoms with Crippen molar-refractivity contribution in [2.45, 2.75) is 19.1 Å². The summed E-state index contributed by atoms with van der Waals surface area (Å²) in [6, 6.07) is 4.04. The third-order valence-electron chi connectivity index (χ3n) is 2.09. The van der Waals surface area contributed by atoms with Crippen molar-refractivity contribution in [1.82, 2.24) is 4.98 Å². The van der Waals surface area contributed by atoms with E-state index < -0.39 is 11.2 Å². The van der Waals surface area contributed by atoms with E-state index in [4.69, 9.17) is 0 Å². The molecule has 2 rings (SSSR count). The first kappa shape index (κ1) is 8.08. The molecule has 2 heterocycles. The van der Waals surface area contributed by atoms with E-state index in [1.165, 1.54) is 5.56 Å². The summed E-state index contributed by atoms with van der Waals surface area (Å²) in [5.41, 5.74) is 3.38. The maximum atomic E-state index is 11.2. The molecule has 12 heavy (non-hydrogen) atoms. The number of hydrogen-bond donors (Lipinski definition) is 0. The van der Waals surface area contributed by atoms with Crippen molar-refractivity contribution in [3.8, 4) is 0 Å². The molecule has 0 N–H and O–H groups in total. The van der Waals surface area contributed by atoms with E-state index in [1.807, 2.05) is 13.0 Å². The summed E-state index contributed by atoms with van der Waals surface area (Å²) in [6.45, 7) is 1.99. The molecule has 0 radical (unpaired) electrons. The molecular formula is C9H11NOS. The summed E-state index contributed by atoms with van der Waals surface area (Å²) in [6.07, 6.45) is 0.879. The van der Waals surface area contributed by atoms with Gasteiger partial charge in [-0.3, -0.25) is 4.98 Å². The van der Waals surface area contributed by atoms with Gasteiger partial charge in [0.15, 0.2) is 0 Å². The van der Waals surface area contributed by atoms with Gasteiger partial charge in [0.2, 0.25) is 0 Å². The van der Waals surface area contributed by atoms with Crippen LogP contribution in [0, 0.1) is 6.92 Å². The maximum Gasteiger partial charge on any atom is 0.132 e. The number of rotatable bonds is 0. The van der Waals surface area contributed by atoms with Gasteiger partial charge in [-0.2, -0.15) is 0 Å². The average Bonchev–Trinajstić information content (AvgIpc) is 2.05. The maximum absolute atomic E-state index is 11.2. The van der Waals surface area contributed by atoms with Crippen LogP contribution in [0.4, 0.5) is 0 Å². The van der Waals surface area contributed by atoms with E-state index in [0.29, 0.717) is 5.75 Å². The monoisotopic (exact) mass is 181 g/mol. The fourth-order valence-electron chi connectivity index (χ4n) is 1.44. The molecule has 64 valence electrons. The van der Waals surface area contributed by atoms with Gasteiger partial charge in [-0.05, 0) is 24.2 Å². The predicted molar refractivity (Wildman–Crippen MR) is 49.4 cm³/mol. The highest BCUT2D eigenvalue weighted by Crippen LogP contribution is 2.18. The van der Waals surface area contributed by atoms with Crippen molar-refractivity contribution in [3.05, 3.63) is 29.1 Å². The van der Waals surface area contributed by atoms with Crippen LogP contribution in [-0.4, -0.2) is 15.3 Å². The van der Waals surface area contributed by atoms with Crippen molar-refractivity contribution in [2.75, 3.05) is 5.75 Å². The minimum atomic E-state index is -0.648. The lowest BCUT2D eigenvalue weighted by atomic mass is 10.1. The summed E-state index contributed by atoms with van der Waals surface area (Å²) in [5, 5.41) is 0. The lowest BCUT2D eigenvalue weighted by molar-refractivity contribution is 0.589. The molecule has 0 bridgehead atoms. The molecule has 1 aliphatic rings. The van der Waals surface area contributed by atoms with Gasteiger partial charge in [0.05, 0.1) is 5.69 Å².